The van der Waals surface area contributed by atoms with E-state index < -0.39 is 0 Å². The van der Waals surface area contributed by atoms with Gasteiger partial charge < -0.3 is 20.4 Å². The van der Waals surface area contributed by atoms with E-state index in [0.717, 1.165) is 57.6 Å². The summed E-state index contributed by atoms with van der Waals surface area (Å²) in [5, 5.41) is 7.04. The maximum atomic E-state index is 4.68. The van der Waals surface area contributed by atoms with Crippen molar-refractivity contribution in [3.63, 3.8) is 0 Å². The molecule has 2 aliphatic rings. The fourth-order valence-corrected chi connectivity index (χ4v) is 3.91. The molecule has 2 N–H and O–H groups in total. The Kier molecular flexibility index (Phi) is 7.13. The number of likely N-dealkylation sites (N-methyl/N-ethyl adjacent to an activating group) is 1. The number of guanidine groups is 1. The van der Waals surface area contributed by atoms with Crippen molar-refractivity contribution in [2.24, 2.45) is 10.9 Å². The molecule has 2 aliphatic heterocycles. The molecule has 1 aromatic heterocycles. The third-order valence-electron chi connectivity index (χ3n) is 6.01. The van der Waals surface area contributed by atoms with Gasteiger partial charge >= 0.3 is 0 Å². The van der Waals surface area contributed by atoms with E-state index in [-0.39, 0.29) is 0 Å². The van der Waals surface area contributed by atoms with Gasteiger partial charge in [-0.2, -0.15) is 0 Å². The lowest BCUT2D eigenvalue weighted by atomic mass is 10.1. The third kappa shape index (κ3) is 5.35. The van der Waals surface area contributed by atoms with Crippen LogP contribution in [-0.2, 0) is 6.54 Å². The predicted molar refractivity (Wildman–Crippen MR) is 117 cm³/mol. The van der Waals surface area contributed by atoms with Crippen LogP contribution < -0.4 is 15.5 Å². The third-order valence-corrected chi connectivity index (χ3v) is 6.01. The number of piperazine rings is 1. The molecule has 0 bridgehead atoms. The highest BCUT2D eigenvalue weighted by Gasteiger charge is 2.31. The number of anilines is 1. The topological polar surface area (TPSA) is 59.0 Å². The number of nitrogens with zero attached hydrogens (tertiary/aromatic N) is 5. The van der Waals surface area contributed by atoms with Gasteiger partial charge in [0.1, 0.15) is 5.82 Å². The van der Waals surface area contributed by atoms with Crippen LogP contribution in [0, 0.1) is 5.92 Å². The Balaban J connectivity index is 1.48. The molecular weight excluding hydrogens is 350 g/mol. The normalized spacial score (nSPS) is 24.8. The van der Waals surface area contributed by atoms with Gasteiger partial charge in [-0.05, 0) is 38.4 Å². The average molecular weight is 388 g/mol. The first-order valence-corrected chi connectivity index (χ1v) is 10.6. The van der Waals surface area contributed by atoms with Crippen LogP contribution in [0.2, 0.25) is 0 Å². The van der Waals surface area contributed by atoms with Crippen LogP contribution in [0.15, 0.2) is 23.3 Å². The fourth-order valence-electron chi connectivity index (χ4n) is 3.91. The lowest BCUT2D eigenvalue weighted by Gasteiger charge is -2.33. The van der Waals surface area contributed by atoms with Crippen LogP contribution in [0.1, 0.15) is 26.3 Å². The van der Waals surface area contributed by atoms with E-state index in [0.29, 0.717) is 18.0 Å². The molecular formula is C21H37N7. The van der Waals surface area contributed by atoms with Gasteiger partial charge in [0, 0.05) is 71.1 Å². The van der Waals surface area contributed by atoms with Gasteiger partial charge in [0.15, 0.2) is 5.96 Å². The molecule has 0 saturated carbocycles. The summed E-state index contributed by atoms with van der Waals surface area (Å²) in [5.74, 6) is 2.56. The lowest BCUT2D eigenvalue weighted by molar-refractivity contribution is 0.265. The number of rotatable bonds is 5. The van der Waals surface area contributed by atoms with Crippen molar-refractivity contribution in [3.05, 3.63) is 23.9 Å². The minimum atomic E-state index is 0.436. The second-order valence-electron chi connectivity index (χ2n) is 8.52. The van der Waals surface area contributed by atoms with Crippen molar-refractivity contribution in [1.82, 2.24) is 25.4 Å². The summed E-state index contributed by atoms with van der Waals surface area (Å²) in [5.41, 5.74) is 1.17. The molecule has 3 rings (SSSR count). The van der Waals surface area contributed by atoms with Gasteiger partial charge in [0.05, 0.1) is 0 Å². The van der Waals surface area contributed by atoms with Crippen molar-refractivity contribution < 1.29 is 0 Å². The summed E-state index contributed by atoms with van der Waals surface area (Å²) in [4.78, 5) is 16.3. The second-order valence-corrected chi connectivity index (χ2v) is 8.52. The molecule has 28 heavy (non-hydrogen) atoms. The van der Waals surface area contributed by atoms with E-state index in [1.165, 1.54) is 5.56 Å². The zero-order valence-corrected chi connectivity index (χ0v) is 18.1. The number of likely N-dealkylation sites (tertiary alicyclic amines) is 1. The standard InChI is InChI=1S/C21H37N7/c1-16(2)28-14-17(3)19(15-28)25-21(22-4)24-13-18-6-7-20(23-12-18)27-10-8-26(5)9-11-27/h6-7,12,16-17,19H,8-11,13-15H2,1-5H3,(H2,22,24,25). The van der Waals surface area contributed by atoms with Crippen LogP contribution in [0.3, 0.4) is 0 Å². The van der Waals surface area contributed by atoms with Gasteiger partial charge in [-0.3, -0.25) is 9.89 Å². The van der Waals surface area contributed by atoms with Crippen LogP contribution in [0.4, 0.5) is 5.82 Å². The van der Waals surface area contributed by atoms with Gasteiger partial charge in [-0.25, -0.2) is 4.98 Å². The van der Waals surface area contributed by atoms with Gasteiger partial charge in [-0.15, -0.1) is 0 Å². The predicted octanol–water partition coefficient (Wildman–Crippen LogP) is 1.23. The lowest BCUT2D eigenvalue weighted by Crippen LogP contribution is -2.46. The molecule has 7 heteroatoms. The highest BCUT2D eigenvalue weighted by Crippen LogP contribution is 2.18. The van der Waals surface area contributed by atoms with Gasteiger partial charge in [-0.1, -0.05) is 13.0 Å². The van der Waals surface area contributed by atoms with Gasteiger partial charge in [0.2, 0.25) is 0 Å². The maximum absolute atomic E-state index is 4.68. The molecule has 7 nitrogen and oxygen atoms in total. The summed E-state index contributed by atoms with van der Waals surface area (Å²) in [6.45, 7) is 14.1. The Labute approximate surface area is 170 Å². The minimum absolute atomic E-state index is 0.436. The number of hydrogen-bond acceptors (Lipinski definition) is 5. The monoisotopic (exact) mass is 387 g/mol. The van der Waals surface area contributed by atoms with E-state index in [1.807, 2.05) is 13.2 Å². The summed E-state index contributed by atoms with van der Waals surface area (Å²) in [6, 6.07) is 5.33. The van der Waals surface area contributed by atoms with Crippen molar-refractivity contribution in [1.29, 1.82) is 0 Å². The number of nitrogens with one attached hydrogen (secondary N) is 2. The number of pyridine rings is 1. The van der Waals surface area contributed by atoms with E-state index in [4.69, 9.17) is 0 Å². The first kappa shape index (κ1) is 20.9. The summed E-state index contributed by atoms with van der Waals surface area (Å²) < 4.78 is 0. The Morgan fingerprint density at radius 3 is 2.54 bits per heavy atom. The molecule has 0 amide bonds. The largest absolute Gasteiger partial charge is 0.354 e. The molecule has 3 heterocycles. The zero-order chi connectivity index (χ0) is 20.1. The van der Waals surface area contributed by atoms with E-state index in [2.05, 4.69) is 75.3 Å². The molecule has 156 valence electrons. The molecule has 0 aromatic carbocycles. The highest BCUT2D eigenvalue weighted by atomic mass is 15.3. The molecule has 2 atom stereocenters. The summed E-state index contributed by atoms with van der Waals surface area (Å²) >= 11 is 0. The Morgan fingerprint density at radius 2 is 1.96 bits per heavy atom. The van der Waals surface area contributed by atoms with Crippen LogP contribution in [-0.4, -0.2) is 86.2 Å². The molecule has 0 spiro atoms. The quantitative estimate of drug-likeness (QED) is 0.585. The number of aliphatic imine (C=N–C) groups is 1. The number of hydrogen-bond donors (Lipinski definition) is 2. The Morgan fingerprint density at radius 1 is 1.21 bits per heavy atom. The highest BCUT2D eigenvalue weighted by molar-refractivity contribution is 5.80. The van der Waals surface area contributed by atoms with E-state index >= 15 is 0 Å². The Bertz CT molecular complexity index is 635. The fraction of sp³-hybridized carbons (Fsp3) is 0.714. The summed E-state index contributed by atoms with van der Waals surface area (Å²) in [6.07, 6.45) is 1.98. The van der Waals surface area contributed by atoms with E-state index in [1.54, 1.807) is 0 Å². The smallest absolute Gasteiger partial charge is 0.191 e. The van der Waals surface area contributed by atoms with Crippen LogP contribution in [0.25, 0.3) is 0 Å². The first-order valence-electron chi connectivity index (χ1n) is 10.6. The summed E-state index contributed by atoms with van der Waals surface area (Å²) in [7, 11) is 4.01. The van der Waals surface area contributed by atoms with Crippen molar-refractivity contribution in [2.45, 2.75) is 39.4 Å². The van der Waals surface area contributed by atoms with Crippen molar-refractivity contribution in [2.75, 3.05) is 58.3 Å². The molecule has 2 fully saturated rings. The molecule has 0 aliphatic carbocycles. The maximum Gasteiger partial charge on any atom is 0.191 e. The zero-order valence-electron chi connectivity index (χ0n) is 18.1. The number of aromatic nitrogens is 1. The van der Waals surface area contributed by atoms with Crippen LogP contribution >= 0.6 is 0 Å². The van der Waals surface area contributed by atoms with Crippen molar-refractivity contribution >= 4 is 11.8 Å². The first-order chi connectivity index (χ1) is 13.5. The van der Waals surface area contributed by atoms with Crippen LogP contribution in [0.5, 0.6) is 0 Å². The van der Waals surface area contributed by atoms with Crippen molar-refractivity contribution in [3.8, 4) is 0 Å². The van der Waals surface area contributed by atoms with E-state index in [9.17, 15) is 0 Å². The second kappa shape index (κ2) is 9.56. The molecule has 2 unspecified atom stereocenters. The molecule has 2 saturated heterocycles. The SMILES string of the molecule is CN=C(NCc1ccc(N2CCN(C)CC2)nc1)NC1CN(C(C)C)CC1C. The van der Waals surface area contributed by atoms with Gasteiger partial charge in [0.25, 0.3) is 0 Å². The molecule has 0 radical (unpaired) electrons. The Hall–Kier alpha value is -1.86. The average Bonchev–Trinajstić information content (AvgIpc) is 3.07. The molecule has 1 aromatic rings. The minimum Gasteiger partial charge on any atom is -0.354 e.